The van der Waals surface area contributed by atoms with Gasteiger partial charge in [0.25, 0.3) is 0 Å². The fourth-order valence-electron chi connectivity index (χ4n) is 4.23. The second kappa shape index (κ2) is 14.2. The van der Waals surface area contributed by atoms with Crippen molar-refractivity contribution >= 4 is 18.1 Å². The lowest BCUT2D eigenvalue weighted by atomic mass is 10.2. The van der Waals surface area contributed by atoms with Crippen molar-refractivity contribution in [2.75, 3.05) is 44.8 Å². The van der Waals surface area contributed by atoms with Crippen LogP contribution in [0.4, 0.5) is 5.69 Å². The number of piperazine rings is 1. The number of cyclic esters (lactones) is 1. The van der Waals surface area contributed by atoms with Gasteiger partial charge >= 0.3 is 5.97 Å². The maximum Gasteiger partial charge on any atom is 0.305 e. The van der Waals surface area contributed by atoms with Crippen molar-refractivity contribution in [3.63, 3.8) is 0 Å². The fraction of sp³-hybridized carbons (Fsp3) is 0.500. The molecule has 7 heteroatoms. The SMILES string of the molecule is COc1ccc(N2CCN(C=O)CC2)cc1OC1CCCC1.Cc1ccccc1.O=C1CCCO1. The molecule has 3 fully saturated rings. The van der Waals surface area contributed by atoms with Crippen molar-refractivity contribution in [2.24, 2.45) is 0 Å². The molecular weight excluding hydrogens is 444 g/mol. The zero-order chi connectivity index (χ0) is 24.9. The zero-order valence-electron chi connectivity index (χ0n) is 21.0. The molecule has 2 aromatic rings. The predicted octanol–water partition coefficient (Wildman–Crippen LogP) is 4.61. The first-order valence-electron chi connectivity index (χ1n) is 12.6. The van der Waals surface area contributed by atoms with Crippen LogP contribution in [0.2, 0.25) is 0 Å². The van der Waals surface area contributed by atoms with Crippen molar-refractivity contribution in [3.05, 3.63) is 54.1 Å². The van der Waals surface area contributed by atoms with Crippen LogP contribution < -0.4 is 14.4 Å². The lowest BCUT2D eigenvalue weighted by Gasteiger charge is -2.34. The molecule has 0 bridgehead atoms. The minimum absolute atomic E-state index is 0.0463. The molecule has 190 valence electrons. The molecule has 1 saturated carbocycles. The monoisotopic (exact) mass is 482 g/mol. The van der Waals surface area contributed by atoms with E-state index in [0.717, 1.165) is 69.0 Å². The smallest absolute Gasteiger partial charge is 0.305 e. The highest BCUT2D eigenvalue weighted by molar-refractivity contribution is 5.70. The number of carbonyl (C=O) groups is 2. The fourth-order valence-corrected chi connectivity index (χ4v) is 4.23. The number of amides is 1. The van der Waals surface area contributed by atoms with Crippen LogP contribution in [0.1, 0.15) is 44.1 Å². The summed E-state index contributed by atoms with van der Waals surface area (Å²) < 4.78 is 16.1. The number of rotatable bonds is 5. The molecule has 7 nitrogen and oxygen atoms in total. The molecule has 0 spiro atoms. The summed E-state index contributed by atoms with van der Waals surface area (Å²) in [5.41, 5.74) is 2.46. The van der Waals surface area contributed by atoms with Gasteiger partial charge < -0.3 is 24.0 Å². The van der Waals surface area contributed by atoms with E-state index in [9.17, 15) is 9.59 Å². The topological polar surface area (TPSA) is 68.3 Å². The number of ether oxygens (including phenoxy) is 3. The van der Waals surface area contributed by atoms with Gasteiger partial charge in [-0.3, -0.25) is 9.59 Å². The summed E-state index contributed by atoms with van der Waals surface area (Å²) in [6.07, 6.45) is 7.55. The molecule has 5 rings (SSSR count). The first-order valence-corrected chi connectivity index (χ1v) is 12.6. The van der Waals surface area contributed by atoms with Gasteiger partial charge in [-0.1, -0.05) is 35.9 Å². The van der Waals surface area contributed by atoms with E-state index in [1.54, 1.807) is 7.11 Å². The minimum Gasteiger partial charge on any atom is -0.493 e. The molecule has 1 aliphatic carbocycles. The number of aryl methyl sites for hydroxylation is 1. The third-order valence-electron chi connectivity index (χ3n) is 6.30. The van der Waals surface area contributed by atoms with Gasteiger partial charge in [-0.15, -0.1) is 0 Å². The molecule has 2 aliphatic heterocycles. The van der Waals surface area contributed by atoms with Crippen LogP contribution in [0.5, 0.6) is 11.5 Å². The van der Waals surface area contributed by atoms with Crippen LogP contribution in [0.25, 0.3) is 0 Å². The Balaban J connectivity index is 0.000000213. The number of methoxy groups -OCH3 is 1. The van der Waals surface area contributed by atoms with Crippen molar-refractivity contribution in [1.82, 2.24) is 4.90 Å². The molecule has 2 heterocycles. The van der Waals surface area contributed by atoms with E-state index >= 15 is 0 Å². The highest BCUT2D eigenvalue weighted by Gasteiger charge is 2.21. The number of hydrogen-bond acceptors (Lipinski definition) is 6. The Morgan fingerprint density at radius 1 is 0.943 bits per heavy atom. The molecule has 2 aromatic carbocycles. The molecule has 2 saturated heterocycles. The van der Waals surface area contributed by atoms with Gasteiger partial charge in [-0.25, -0.2) is 0 Å². The zero-order valence-corrected chi connectivity index (χ0v) is 21.0. The summed E-state index contributed by atoms with van der Waals surface area (Å²) in [6.45, 7) is 5.98. The van der Waals surface area contributed by atoms with Crippen LogP contribution in [-0.2, 0) is 14.3 Å². The summed E-state index contributed by atoms with van der Waals surface area (Å²) in [6, 6.07) is 16.4. The molecule has 35 heavy (non-hydrogen) atoms. The molecule has 0 aromatic heterocycles. The number of hydrogen-bond donors (Lipinski definition) is 0. The predicted molar refractivity (Wildman–Crippen MR) is 137 cm³/mol. The minimum atomic E-state index is -0.0463. The summed E-state index contributed by atoms with van der Waals surface area (Å²) in [5.74, 6) is 1.59. The second-order valence-electron chi connectivity index (χ2n) is 8.97. The van der Waals surface area contributed by atoms with Gasteiger partial charge in [0.1, 0.15) is 0 Å². The number of esters is 1. The Morgan fingerprint density at radius 3 is 2.14 bits per heavy atom. The Bertz CT molecular complexity index is 899. The van der Waals surface area contributed by atoms with E-state index in [1.165, 1.54) is 18.4 Å². The highest BCUT2D eigenvalue weighted by Crippen LogP contribution is 2.35. The van der Waals surface area contributed by atoms with Crippen LogP contribution in [0.3, 0.4) is 0 Å². The second-order valence-corrected chi connectivity index (χ2v) is 8.97. The third kappa shape index (κ3) is 8.81. The molecule has 3 aliphatic rings. The molecule has 0 atom stereocenters. The van der Waals surface area contributed by atoms with E-state index < -0.39 is 0 Å². The van der Waals surface area contributed by atoms with Gasteiger partial charge in [0.2, 0.25) is 6.41 Å². The van der Waals surface area contributed by atoms with Gasteiger partial charge in [0, 0.05) is 44.4 Å². The van der Waals surface area contributed by atoms with Crippen LogP contribution in [0.15, 0.2) is 48.5 Å². The Labute approximate surface area is 209 Å². The summed E-state index contributed by atoms with van der Waals surface area (Å²) in [7, 11) is 1.68. The van der Waals surface area contributed by atoms with Crippen molar-refractivity contribution in [2.45, 2.75) is 51.6 Å². The maximum absolute atomic E-state index is 10.8. The van der Waals surface area contributed by atoms with Gasteiger partial charge in [0.05, 0.1) is 19.8 Å². The summed E-state index contributed by atoms with van der Waals surface area (Å²) in [5, 5.41) is 0. The number of carbonyl (C=O) groups excluding carboxylic acids is 2. The van der Waals surface area contributed by atoms with E-state index in [0.29, 0.717) is 19.1 Å². The van der Waals surface area contributed by atoms with Gasteiger partial charge in [0.15, 0.2) is 11.5 Å². The normalized spacial score (nSPS) is 17.5. The van der Waals surface area contributed by atoms with Gasteiger partial charge in [-0.05, 0) is 51.2 Å². The molecule has 1 amide bonds. The lowest BCUT2D eigenvalue weighted by Crippen LogP contribution is -2.45. The molecule has 0 unspecified atom stereocenters. The summed E-state index contributed by atoms with van der Waals surface area (Å²) in [4.78, 5) is 24.9. The van der Waals surface area contributed by atoms with E-state index in [4.69, 9.17) is 9.47 Å². The van der Waals surface area contributed by atoms with Gasteiger partial charge in [-0.2, -0.15) is 0 Å². The van der Waals surface area contributed by atoms with Crippen molar-refractivity contribution < 1.29 is 23.8 Å². The average Bonchev–Trinajstić information content (AvgIpc) is 3.59. The van der Waals surface area contributed by atoms with E-state index in [1.807, 2.05) is 29.2 Å². The Morgan fingerprint density at radius 2 is 1.66 bits per heavy atom. The summed E-state index contributed by atoms with van der Waals surface area (Å²) >= 11 is 0. The standard InChI is InChI=1S/C17H24N2O3.C7H8.C4H6O2/c1-21-16-7-6-14(19-10-8-18(13-20)9-11-19)12-17(16)22-15-4-2-3-5-15;1-7-5-3-2-4-6-7;5-4-2-1-3-6-4/h6-7,12-13,15H,2-5,8-11H2,1H3;2-6H,1H3;1-3H2. The lowest BCUT2D eigenvalue weighted by molar-refractivity contribution is -0.137. The van der Waals surface area contributed by atoms with Crippen LogP contribution in [0, 0.1) is 6.92 Å². The Hall–Kier alpha value is -3.22. The first kappa shape index (κ1) is 26.4. The number of nitrogens with zero attached hydrogens (tertiary/aromatic N) is 2. The van der Waals surface area contributed by atoms with Crippen LogP contribution in [-0.4, -0.2) is 63.3 Å². The van der Waals surface area contributed by atoms with E-state index in [2.05, 4.69) is 40.8 Å². The molecule has 0 N–H and O–H groups in total. The number of anilines is 1. The molecular formula is C28H38N2O5. The first-order chi connectivity index (χ1) is 17.1. The molecule has 0 radical (unpaired) electrons. The highest BCUT2D eigenvalue weighted by atomic mass is 16.5. The van der Waals surface area contributed by atoms with Crippen LogP contribution >= 0.6 is 0 Å². The third-order valence-corrected chi connectivity index (χ3v) is 6.30. The average molecular weight is 483 g/mol. The maximum atomic E-state index is 10.8. The Kier molecular flexibility index (Phi) is 10.7. The van der Waals surface area contributed by atoms with E-state index in [-0.39, 0.29) is 5.97 Å². The largest absolute Gasteiger partial charge is 0.493 e. The quantitative estimate of drug-likeness (QED) is 0.458. The van der Waals surface area contributed by atoms with Crippen molar-refractivity contribution in [1.29, 1.82) is 0 Å². The van der Waals surface area contributed by atoms with Crippen molar-refractivity contribution in [3.8, 4) is 11.5 Å². The number of benzene rings is 2.